The Balaban J connectivity index is 2.06. The number of fused-ring (bicyclic) bond motifs is 1. The number of aliphatic carboxylic acids is 1. The molecule has 0 radical (unpaired) electrons. The highest BCUT2D eigenvalue weighted by molar-refractivity contribution is 5.94. The third kappa shape index (κ3) is 3.68. The Bertz CT molecular complexity index is 655. The Kier molecular flexibility index (Phi) is 4.37. The van der Waals surface area contributed by atoms with Gasteiger partial charge in [-0.25, -0.2) is 9.78 Å². The number of rotatable bonds is 5. The lowest BCUT2D eigenvalue weighted by molar-refractivity contribution is -0.142. The zero-order valence-electron chi connectivity index (χ0n) is 11.7. The average molecular weight is 288 g/mol. The number of nitrogens with zero attached hydrogens (tertiary/aromatic N) is 1. The van der Waals surface area contributed by atoms with Gasteiger partial charge in [0.05, 0.1) is 0 Å². The van der Waals surface area contributed by atoms with Crippen molar-refractivity contribution in [1.82, 2.24) is 10.3 Å². The van der Waals surface area contributed by atoms with Gasteiger partial charge in [0.1, 0.15) is 11.6 Å². The van der Waals surface area contributed by atoms with Crippen LogP contribution in [0, 0.1) is 5.92 Å². The van der Waals surface area contributed by atoms with Crippen LogP contribution in [0.2, 0.25) is 0 Å². The summed E-state index contributed by atoms with van der Waals surface area (Å²) in [5.41, 5.74) is 1.33. The molecule has 1 aromatic heterocycles. The van der Waals surface area contributed by atoms with Crippen LogP contribution >= 0.6 is 0 Å². The summed E-state index contributed by atoms with van der Waals surface area (Å²) in [4.78, 5) is 26.9. The van der Waals surface area contributed by atoms with E-state index in [4.69, 9.17) is 9.52 Å². The highest BCUT2D eigenvalue weighted by atomic mass is 16.4. The molecular formula is C15H16N2O4. The molecule has 2 aromatic rings. The van der Waals surface area contributed by atoms with E-state index in [0.29, 0.717) is 17.0 Å². The molecule has 2 N–H and O–H groups in total. The van der Waals surface area contributed by atoms with E-state index in [-0.39, 0.29) is 5.92 Å². The molecule has 0 bridgehead atoms. The maximum absolute atomic E-state index is 11.7. The van der Waals surface area contributed by atoms with Crippen molar-refractivity contribution < 1.29 is 19.1 Å². The summed E-state index contributed by atoms with van der Waals surface area (Å²) in [6, 6.07) is 6.32. The molecule has 2 rings (SSSR count). The summed E-state index contributed by atoms with van der Waals surface area (Å²) in [6.07, 6.45) is 2.62. The number of hydrogen-bond donors (Lipinski definition) is 2. The zero-order chi connectivity index (χ0) is 15.4. The molecule has 0 fully saturated rings. The number of carboxylic acid groups (broad SMARTS) is 1. The van der Waals surface area contributed by atoms with Crippen LogP contribution in [0.25, 0.3) is 17.2 Å². The number of benzene rings is 1. The zero-order valence-corrected chi connectivity index (χ0v) is 11.7. The van der Waals surface area contributed by atoms with E-state index in [1.165, 1.54) is 12.2 Å². The van der Waals surface area contributed by atoms with E-state index >= 15 is 0 Å². The van der Waals surface area contributed by atoms with Crippen molar-refractivity contribution in [2.24, 2.45) is 5.92 Å². The van der Waals surface area contributed by atoms with Crippen molar-refractivity contribution in [1.29, 1.82) is 0 Å². The van der Waals surface area contributed by atoms with E-state index in [0.717, 1.165) is 0 Å². The number of aromatic nitrogens is 1. The molecular weight excluding hydrogens is 272 g/mol. The Morgan fingerprint density at radius 2 is 2.05 bits per heavy atom. The van der Waals surface area contributed by atoms with Gasteiger partial charge in [-0.15, -0.1) is 0 Å². The minimum absolute atomic E-state index is 0.204. The number of para-hydroxylation sites is 2. The third-order valence-corrected chi connectivity index (χ3v) is 2.92. The summed E-state index contributed by atoms with van der Waals surface area (Å²) < 4.78 is 5.42. The molecule has 0 saturated heterocycles. The first-order valence-electron chi connectivity index (χ1n) is 6.54. The van der Waals surface area contributed by atoms with Crippen molar-refractivity contribution >= 4 is 29.1 Å². The molecule has 0 aliphatic carbocycles. The summed E-state index contributed by atoms with van der Waals surface area (Å²) in [5, 5.41) is 11.4. The van der Waals surface area contributed by atoms with Crippen LogP contribution in [0.3, 0.4) is 0 Å². The quantitative estimate of drug-likeness (QED) is 0.822. The fourth-order valence-corrected chi connectivity index (χ4v) is 1.82. The van der Waals surface area contributed by atoms with Crippen LogP contribution < -0.4 is 5.32 Å². The van der Waals surface area contributed by atoms with Crippen LogP contribution in [-0.2, 0) is 9.59 Å². The van der Waals surface area contributed by atoms with Crippen LogP contribution in [0.15, 0.2) is 34.8 Å². The topological polar surface area (TPSA) is 92.4 Å². The molecule has 0 spiro atoms. The monoisotopic (exact) mass is 288 g/mol. The summed E-state index contributed by atoms with van der Waals surface area (Å²) in [7, 11) is 0. The normalized spacial score (nSPS) is 12.9. The van der Waals surface area contributed by atoms with Crippen molar-refractivity contribution in [2.45, 2.75) is 19.9 Å². The first-order chi connectivity index (χ1) is 9.97. The number of amides is 1. The number of oxazole rings is 1. The predicted molar refractivity (Wildman–Crippen MR) is 77.4 cm³/mol. The Morgan fingerprint density at radius 3 is 2.67 bits per heavy atom. The van der Waals surface area contributed by atoms with Crippen LogP contribution in [0.4, 0.5) is 0 Å². The van der Waals surface area contributed by atoms with Gasteiger partial charge in [0.25, 0.3) is 0 Å². The maximum atomic E-state index is 11.7. The Morgan fingerprint density at radius 1 is 1.33 bits per heavy atom. The first-order valence-corrected chi connectivity index (χ1v) is 6.54. The molecule has 0 unspecified atom stereocenters. The number of hydrogen-bond acceptors (Lipinski definition) is 4. The van der Waals surface area contributed by atoms with Gasteiger partial charge in [0.15, 0.2) is 5.58 Å². The molecule has 1 heterocycles. The molecule has 21 heavy (non-hydrogen) atoms. The molecule has 110 valence electrons. The first kappa shape index (κ1) is 14.8. The largest absolute Gasteiger partial charge is 0.480 e. The molecule has 1 aromatic carbocycles. The van der Waals surface area contributed by atoms with E-state index in [2.05, 4.69) is 10.3 Å². The van der Waals surface area contributed by atoms with Gasteiger partial charge in [-0.1, -0.05) is 26.0 Å². The van der Waals surface area contributed by atoms with Gasteiger partial charge >= 0.3 is 5.97 Å². The fourth-order valence-electron chi connectivity index (χ4n) is 1.82. The second-order valence-electron chi connectivity index (χ2n) is 4.92. The maximum Gasteiger partial charge on any atom is 0.326 e. The van der Waals surface area contributed by atoms with Crippen LogP contribution in [0.1, 0.15) is 19.7 Å². The highest BCUT2D eigenvalue weighted by Crippen LogP contribution is 2.15. The predicted octanol–water partition coefficient (Wildman–Crippen LogP) is 2.07. The lowest BCUT2D eigenvalue weighted by Gasteiger charge is -2.16. The molecule has 6 nitrogen and oxygen atoms in total. The number of carboxylic acids is 1. The Hall–Kier alpha value is -2.63. The third-order valence-electron chi connectivity index (χ3n) is 2.92. The number of carbonyl (C=O) groups is 2. The fraction of sp³-hybridized carbons (Fsp3) is 0.267. The highest BCUT2D eigenvalue weighted by Gasteiger charge is 2.22. The van der Waals surface area contributed by atoms with Crippen molar-refractivity contribution in [3.05, 3.63) is 36.2 Å². The summed E-state index contributed by atoms with van der Waals surface area (Å²) >= 11 is 0. The molecule has 6 heteroatoms. The lowest BCUT2D eigenvalue weighted by Crippen LogP contribution is -2.43. The van der Waals surface area contributed by atoms with Crippen LogP contribution in [-0.4, -0.2) is 28.0 Å². The lowest BCUT2D eigenvalue weighted by atomic mass is 10.1. The van der Waals surface area contributed by atoms with E-state index in [9.17, 15) is 9.59 Å². The van der Waals surface area contributed by atoms with Gasteiger partial charge in [-0.3, -0.25) is 4.79 Å². The van der Waals surface area contributed by atoms with Crippen LogP contribution in [0.5, 0.6) is 0 Å². The van der Waals surface area contributed by atoms with E-state index in [1.54, 1.807) is 26.0 Å². The van der Waals surface area contributed by atoms with Gasteiger partial charge in [-0.05, 0) is 18.1 Å². The second-order valence-corrected chi connectivity index (χ2v) is 4.92. The minimum atomic E-state index is -1.06. The van der Waals surface area contributed by atoms with Gasteiger partial charge in [-0.2, -0.15) is 0 Å². The van der Waals surface area contributed by atoms with Crippen molar-refractivity contribution in [3.8, 4) is 0 Å². The second kappa shape index (κ2) is 6.21. The average Bonchev–Trinajstić information content (AvgIpc) is 2.84. The summed E-state index contributed by atoms with van der Waals surface area (Å²) in [5.74, 6) is -1.47. The van der Waals surface area contributed by atoms with Gasteiger partial charge in [0, 0.05) is 12.2 Å². The molecule has 1 atom stereocenters. The summed E-state index contributed by atoms with van der Waals surface area (Å²) in [6.45, 7) is 3.45. The van der Waals surface area contributed by atoms with Crippen molar-refractivity contribution in [2.75, 3.05) is 0 Å². The minimum Gasteiger partial charge on any atom is -0.480 e. The molecule has 1 amide bonds. The van der Waals surface area contributed by atoms with Gasteiger partial charge < -0.3 is 14.8 Å². The molecule has 0 aliphatic heterocycles. The van der Waals surface area contributed by atoms with E-state index in [1.807, 2.05) is 12.1 Å². The number of carbonyl (C=O) groups excluding carboxylic acids is 1. The standard InChI is InChI=1S/C15H16N2O4/c1-9(2)14(15(19)20)17-12(18)7-8-13-16-10-5-3-4-6-11(10)21-13/h3-9,14H,1-2H3,(H,17,18)(H,19,20)/t14-/m1/s1. The van der Waals surface area contributed by atoms with Gasteiger partial charge in [0.2, 0.25) is 11.8 Å². The molecule has 0 aliphatic rings. The van der Waals surface area contributed by atoms with E-state index < -0.39 is 17.9 Å². The molecule has 0 saturated carbocycles. The number of nitrogens with one attached hydrogen (secondary N) is 1. The SMILES string of the molecule is CC(C)[C@@H](NC(=O)C=Cc1nc2ccccc2o1)C(=O)O. The smallest absolute Gasteiger partial charge is 0.326 e. The van der Waals surface area contributed by atoms with Crippen molar-refractivity contribution in [3.63, 3.8) is 0 Å². The Labute approximate surface area is 121 Å².